The Morgan fingerprint density at radius 2 is 2.00 bits per heavy atom. The van der Waals surface area contributed by atoms with Gasteiger partial charge in [0.2, 0.25) is 0 Å². The third kappa shape index (κ3) is 3.32. The van der Waals surface area contributed by atoms with Crippen LogP contribution in [0.3, 0.4) is 0 Å². The molecule has 2 heterocycles. The minimum atomic E-state index is -0.146. The van der Waals surface area contributed by atoms with Crippen LogP contribution >= 0.6 is 11.3 Å². The number of hydrogen-bond acceptors (Lipinski definition) is 5. The van der Waals surface area contributed by atoms with Crippen molar-refractivity contribution in [3.8, 4) is 17.2 Å². The summed E-state index contributed by atoms with van der Waals surface area (Å²) in [6, 6.07) is 16.8. The maximum absolute atomic E-state index is 12.7. The number of nitrogens with zero attached hydrogens (tertiary/aromatic N) is 2. The van der Waals surface area contributed by atoms with Gasteiger partial charge in [0.25, 0.3) is 5.91 Å². The standard InChI is InChI=1S/C21H19N3O3S/c1-13-16-11-19(28-21(16)24(23-13)15-6-4-3-5-7-15)20(26)22-12-14-8-9-17(25)18(10-14)27-2/h3-11,25H,12H2,1-2H3,(H,22,26). The van der Waals surface area contributed by atoms with Crippen LogP contribution in [0.2, 0.25) is 0 Å². The van der Waals surface area contributed by atoms with E-state index in [0.717, 1.165) is 27.2 Å². The van der Waals surface area contributed by atoms with E-state index in [1.807, 2.05) is 48.0 Å². The highest BCUT2D eigenvalue weighted by Gasteiger charge is 2.17. The van der Waals surface area contributed by atoms with Crippen molar-refractivity contribution in [1.29, 1.82) is 0 Å². The molecular formula is C21H19N3O3S. The molecule has 2 aromatic carbocycles. The van der Waals surface area contributed by atoms with E-state index in [-0.39, 0.29) is 11.7 Å². The number of thiophene rings is 1. The van der Waals surface area contributed by atoms with Crippen LogP contribution < -0.4 is 10.1 Å². The van der Waals surface area contributed by atoms with Gasteiger partial charge in [-0.25, -0.2) is 4.68 Å². The van der Waals surface area contributed by atoms with E-state index in [1.165, 1.54) is 18.4 Å². The lowest BCUT2D eigenvalue weighted by Crippen LogP contribution is -2.21. The molecule has 7 heteroatoms. The number of phenolic OH excluding ortho intramolecular Hbond substituents is 1. The molecule has 0 fully saturated rings. The van der Waals surface area contributed by atoms with Crippen LogP contribution in [0.4, 0.5) is 0 Å². The number of aryl methyl sites for hydroxylation is 1. The van der Waals surface area contributed by atoms with Gasteiger partial charge in [-0.15, -0.1) is 11.3 Å². The first-order valence-corrected chi connectivity index (χ1v) is 9.57. The number of aromatic hydroxyl groups is 1. The third-order valence-corrected chi connectivity index (χ3v) is 5.58. The highest BCUT2D eigenvalue weighted by molar-refractivity contribution is 7.20. The summed E-state index contributed by atoms with van der Waals surface area (Å²) in [7, 11) is 1.49. The number of carbonyl (C=O) groups is 1. The van der Waals surface area contributed by atoms with E-state index in [4.69, 9.17) is 4.74 Å². The highest BCUT2D eigenvalue weighted by atomic mass is 32.1. The van der Waals surface area contributed by atoms with Crippen LogP contribution in [0.15, 0.2) is 54.6 Å². The van der Waals surface area contributed by atoms with Crippen molar-refractivity contribution < 1.29 is 14.6 Å². The Morgan fingerprint density at radius 1 is 1.21 bits per heavy atom. The first kappa shape index (κ1) is 18.1. The minimum Gasteiger partial charge on any atom is -0.504 e. The lowest BCUT2D eigenvalue weighted by Gasteiger charge is -2.07. The lowest BCUT2D eigenvalue weighted by atomic mass is 10.2. The Hall–Kier alpha value is -3.32. The van der Waals surface area contributed by atoms with Crippen molar-refractivity contribution in [2.75, 3.05) is 7.11 Å². The van der Waals surface area contributed by atoms with E-state index >= 15 is 0 Å². The zero-order chi connectivity index (χ0) is 19.7. The Bertz CT molecular complexity index is 1150. The number of benzene rings is 2. The fourth-order valence-electron chi connectivity index (χ4n) is 3.00. The highest BCUT2D eigenvalue weighted by Crippen LogP contribution is 2.30. The van der Waals surface area contributed by atoms with E-state index in [2.05, 4.69) is 10.4 Å². The third-order valence-electron chi connectivity index (χ3n) is 4.47. The summed E-state index contributed by atoms with van der Waals surface area (Å²) < 4.78 is 6.98. The first-order chi connectivity index (χ1) is 13.6. The molecule has 4 aromatic rings. The van der Waals surface area contributed by atoms with E-state index in [1.54, 1.807) is 18.2 Å². The number of carbonyl (C=O) groups excluding carboxylic acids is 1. The number of hydrogen-bond donors (Lipinski definition) is 2. The molecule has 28 heavy (non-hydrogen) atoms. The molecule has 2 aromatic heterocycles. The molecule has 0 saturated heterocycles. The van der Waals surface area contributed by atoms with E-state index in [0.29, 0.717) is 17.2 Å². The quantitative estimate of drug-likeness (QED) is 0.537. The van der Waals surface area contributed by atoms with Crippen molar-refractivity contribution >= 4 is 27.5 Å². The summed E-state index contributed by atoms with van der Waals surface area (Å²) >= 11 is 1.42. The van der Waals surface area contributed by atoms with Crippen molar-refractivity contribution in [2.45, 2.75) is 13.5 Å². The van der Waals surface area contributed by atoms with Crippen LogP contribution in [0.1, 0.15) is 20.9 Å². The van der Waals surface area contributed by atoms with Crippen LogP contribution in [0.25, 0.3) is 15.9 Å². The van der Waals surface area contributed by atoms with Gasteiger partial charge in [0, 0.05) is 11.9 Å². The van der Waals surface area contributed by atoms with Gasteiger partial charge in [-0.1, -0.05) is 24.3 Å². The topological polar surface area (TPSA) is 76.4 Å². The molecule has 0 aliphatic heterocycles. The van der Waals surface area contributed by atoms with Gasteiger partial charge < -0.3 is 15.2 Å². The predicted octanol–water partition coefficient (Wildman–Crippen LogP) is 4.04. The summed E-state index contributed by atoms with van der Waals surface area (Å²) in [5.74, 6) is 0.308. The van der Waals surface area contributed by atoms with Crippen LogP contribution in [0.5, 0.6) is 11.5 Å². The van der Waals surface area contributed by atoms with E-state index in [9.17, 15) is 9.90 Å². The summed E-state index contributed by atoms with van der Waals surface area (Å²) in [6.45, 7) is 2.28. The zero-order valence-electron chi connectivity index (χ0n) is 15.5. The summed E-state index contributed by atoms with van der Waals surface area (Å²) in [5, 5.41) is 18.2. The van der Waals surface area contributed by atoms with Gasteiger partial charge in [0.1, 0.15) is 4.83 Å². The Labute approximate surface area is 166 Å². The average Bonchev–Trinajstić information content (AvgIpc) is 3.28. The summed E-state index contributed by atoms with van der Waals surface area (Å²) in [4.78, 5) is 14.2. The summed E-state index contributed by atoms with van der Waals surface area (Å²) in [6.07, 6.45) is 0. The SMILES string of the molecule is COc1cc(CNC(=O)c2cc3c(C)nn(-c4ccccc4)c3s2)ccc1O. The molecule has 4 rings (SSSR count). The maximum atomic E-state index is 12.7. The molecular weight excluding hydrogens is 374 g/mol. The Kier molecular flexibility index (Phi) is 4.75. The number of ether oxygens (including phenoxy) is 1. The molecule has 142 valence electrons. The Morgan fingerprint density at radius 3 is 2.75 bits per heavy atom. The number of rotatable bonds is 5. The van der Waals surface area contributed by atoms with E-state index < -0.39 is 0 Å². The minimum absolute atomic E-state index is 0.0722. The van der Waals surface area contributed by atoms with Crippen LogP contribution in [-0.4, -0.2) is 27.9 Å². The molecule has 0 aliphatic rings. The number of phenols is 1. The number of para-hydroxylation sites is 1. The van der Waals surface area contributed by atoms with Crippen molar-refractivity contribution in [3.63, 3.8) is 0 Å². The van der Waals surface area contributed by atoms with Crippen molar-refractivity contribution in [3.05, 3.63) is 70.7 Å². The molecule has 0 unspecified atom stereocenters. The second kappa shape index (κ2) is 7.36. The molecule has 0 atom stereocenters. The van der Waals surface area contributed by atoms with Gasteiger partial charge in [-0.2, -0.15) is 5.10 Å². The Balaban J connectivity index is 1.57. The monoisotopic (exact) mass is 393 g/mol. The largest absolute Gasteiger partial charge is 0.504 e. The molecule has 0 spiro atoms. The van der Waals surface area contributed by atoms with Crippen LogP contribution in [0, 0.1) is 6.92 Å². The van der Waals surface area contributed by atoms with Gasteiger partial charge in [0.05, 0.1) is 23.4 Å². The fourth-order valence-corrected chi connectivity index (χ4v) is 4.10. The molecule has 2 N–H and O–H groups in total. The number of methoxy groups -OCH3 is 1. The lowest BCUT2D eigenvalue weighted by molar-refractivity contribution is 0.0955. The molecule has 0 aliphatic carbocycles. The maximum Gasteiger partial charge on any atom is 0.261 e. The average molecular weight is 393 g/mol. The number of nitrogens with one attached hydrogen (secondary N) is 1. The number of aromatic nitrogens is 2. The summed E-state index contributed by atoms with van der Waals surface area (Å²) in [5.41, 5.74) is 2.69. The van der Waals surface area contributed by atoms with Gasteiger partial charge >= 0.3 is 0 Å². The van der Waals surface area contributed by atoms with Gasteiger partial charge in [-0.3, -0.25) is 4.79 Å². The van der Waals surface area contributed by atoms with Crippen LogP contribution in [-0.2, 0) is 6.54 Å². The number of fused-ring (bicyclic) bond motifs is 1. The smallest absolute Gasteiger partial charge is 0.261 e. The zero-order valence-corrected chi connectivity index (χ0v) is 16.3. The van der Waals surface area contributed by atoms with Crippen molar-refractivity contribution in [1.82, 2.24) is 15.1 Å². The second-order valence-electron chi connectivity index (χ2n) is 6.35. The van der Waals surface area contributed by atoms with Crippen molar-refractivity contribution in [2.24, 2.45) is 0 Å². The normalized spacial score (nSPS) is 10.9. The molecule has 0 radical (unpaired) electrons. The van der Waals surface area contributed by atoms with Gasteiger partial charge in [-0.05, 0) is 42.8 Å². The second-order valence-corrected chi connectivity index (χ2v) is 7.38. The number of amides is 1. The van der Waals surface area contributed by atoms with Gasteiger partial charge in [0.15, 0.2) is 11.5 Å². The molecule has 0 saturated carbocycles. The fraction of sp³-hybridized carbons (Fsp3) is 0.143. The predicted molar refractivity (Wildman–Crippen MR) is 110 cm³/mol. The molecule has 6 nitrogen and oxygen atoms in total. The first-order valence-electron chi connectivity index (χ1n) is 8.75. The molecule has 1 amide bonds. The molecule has 0 bridgehead atoms.